The van der Waals surface area contributed by atoms with Gasteiger partial charge in [-0.1, -0.05) is 0 Å². The van der Waals surface area contributed by atoms with Gasteiger partial charge in [0.05, 0.1) is 5.52 Å². The molecule has 0 saturated carbocycles. The minimum absolute atomic E-state index is 0.256. The van der Waals surface area contributed by atoms with Gasteiger partial charge in [0.1, 0.15) is 0 Å². The Balaban J connectivity index is 2.05. The highest BCUT2D eigenvalue weighted by Crippen LogP contribution is 2.28. The average Bonchev–Trinajstić information content (AvgIpc) is 2.70. The summed E-state index contributed by atoms with van der Waals surface area (Å²) in [5, 5.41) is 7.41. The largest absolute Gasteiger partial charge is 0.398 e. The lowest BCUT2D eigenvalue weighted by Gasteiger charge is -2.26. The highest BCUT2D eigenvalue weighted by Gasteiger charge is 2.25. The summed E-state index contributed by atoms with van der Waals surface area (Å²) in [5.74, 6) is -0.256. The molecular formula is C12H13N5O2. The minimum atomic E-state index is -0.425. The number of carbonyl (C=O) groups is 2. The molecule has 1 aliphatic rings. The Morgan fingerprint density at radius 2 is 2.16 bits per heavy atom. The number of nitrogens with two attached hydrogens (primary N) is 1. The fourth-order valence-electron chi connectivity index (χ4n) is 2.22. The standard InChI is InChI=1S/C12H13N5O2/c1-16-6-8-9(13)4-7(5-10(8)15-16)17-3-2-11(18)14-12(17)19/h4-6H,2-3,13H2,1H3,(H,14,18,19). The van der Waals surface area contributed by atoms with Crippen molar-refractivity contribution < 1.29 is 9.59 Å². The van der Waals surface area contributed by atoms with Gasteiger partial charge in [0.15, 0.2) is 0 Å². The van der Waals surface area contributed by atoms with E-state index in [0.29, 0.717) is 17.9 Å². The minimum Gasteiger partial charge on any atom is -0.398 e. The van der Waals surface area contributed by atoms with Gasteiger partial charge in [0.2, 0.25) is 5.91 Å². The second kappa shape index (κ2) is 3.98. The number of hydrogen-bond donors (Lipinski definition) is 2. The number of imide groups is 1. The first-order valence-electron chi connectivity index (χ1n) is 5.89. The number of carbonyl (C=O) groups excluding carboxylic acids is 2. The number of nitrogens with one attached hydrogen (secondary N) is 1. The molecule has 7 heteroatoms. The van der Waals surface area contributed by atoms with Crippen LogP contribution in [0.2, 0.25) is 0 Å². The molecule has 1 aromatic heterocycles. The third-order valence-corrected chi connectivity index (χ3v) is 3.12. The monoisotopic (exact) mass is 259 g/mol. The van der Waals surface area contributed by atoms with Crippen molar-refractivity contribution in [1.82, 2.24) is 15.1 Å². The summed E-state index contributed by atoms with van der Waals surface area (Å²) in [6, 6.07) is 3.09. The van der Waals surface area contributed by atoms with Crippen LogP contribution in [0, 0.1) is 0 Å². The Morgan fingerprint density at radius 3 is 2.89 bits per heavy atom. The molecule has 0 aliphatic carbocycles. The summed E-state index contributed by atoms with van der Waals surface area (Å²) >= 11 is 0. The van der Waals surface area contributed by atoms with Crippen LogP contribution in [0.25, 0.3) is 10.9 Å². The Hall–Kier alpha value is -2.57. The Labute approximate surface area is 109 Å². The maximum Gasteiger partial charge on any atom is 0.328 e. The van der Waals surface area contributed by atoms with Gasteiger partial charge < -0.3 is 5.73 Å². The first-order valence-corrected chi connectivity index (χ1v) is 5.89. The van der Waals surface area contributed by atoms with E-state index in [1.165, 1.54) is 4.90 Å². The van der Waals surface area contributed by atoms with E-state index < -0.39 is 6.03 Å². The first-order chi connectivity index (χ1) is 9.04. The summed E-state index contributed by atoms with van der Waals surface area (Å²) in [5.41, 5.74) is 7.90. The molecule has 1 saturated heterocycles. The van der Waals surface area contributed by atoms with E-state index in [0.717, 1.165) is 10.9 Å². The molecule has 0 unspecified atom stereocenters. The lowest BCUT2D eigenvalue weighted by Crippen LogP contribution is -2.49. The highest BCUT2D eigenvalue weighted by molar-refractivity contribution is 6.07. The van der Waals surface area contributed by atoms with Crippen LogP contribution in [0.5, 0.6) is 0 Å². The third-order valence-electron chi connectivity index (χ3n) is 3.12. The smallest absolute Gasteiger partial charge is 0.328 e. The molecule has 7 nitrogen and oxygen atoms in total. The second-order valence-corrected chi connectivity index (χ2v) is 4.53. The highest BCUT2D eigenvalue weighted by atomic mass is 16.2. The summed E-state index contributed by atoms with van der Waals surface area (Å²) in [7, 11) is 1.81. The molecule has 98 valence electrons. The fourth-order valence-corrected chi connectivity index (χ4v) is 2.22. The van der Waals surface area contributed by atoms with Crippen molar-refractivity contribution in [3.8, 4) is 0 Å². The van der Waals surface area contributed by atoms with Gasteiger partial charge in [0, 0.05) is 43.0 Å². The number of amides is 3. The van der Waals surface area contributed by atoms with Crippen LogP contribution in [-0.4, -0.2) is 28.3 Å². The van der Waals surface area contributed by atoms with Gasteiger partial charge in [-0.3, -0.25) is 19.7 Å². The molecule has 1 fully saturated rings. The van der Waals surface area contributed by atoms with Crippen molar-refractivity contribution in [3.63, 3.8) is 0 Å². The van der Waals surface area contributed by atoms with Crippen molar-refractivity contribution in [3.05, 3.63) is 18.3 Å². The van der Waals surface area contributed by atoms with Crippen LogP contribution in [0.4, 0.5) is 16.2 Å². The number of aryl methyl sites for hydroxylation is 1. The van der Waals surface area contributed by atoms with Crippen LogP contribution in [0.15, 0.2) is 18.3 Å². The molecule has 1 aromatic carbocycles. The third kappa shape index (κ3) is 1.88. The number of nitrogen functional groups attached to an aromatic ring is 1. The lowest BCUT2D eigenvalue weighted by atomic mass is 10.1. The van der Waals surface area contributed by atoms with Crippen molar-refractivity contribution in [2.24, 2.45) is 7.05 Å². The quantitative estimate of drug-likeness (QED) is 0.733. The molecular weight excluding hydrogens is 246 g/mol. The number of nitrogens with zero attached hydrogens (tertiary/aromatic N) is 3. The molecule has 19 heavy (non-hydrogen) atoms. The molecule has 1 aliphatic heterocycles. The number of hydrogen-bond acceptors (Lipinski definition) is 4. The SMILES string of the molecule is Cn1cc2c(N)cc(N3CCC(=O)NC3=O)cc2n1. The number of fused-ring (bicyclic) bond motifs is 1. The number of rotatable bonds is 1. The second-order valence-electron chi connectivity index (χ2n) is 4.53. The van der Waals surface area contributed by atoms with Gasteiger partial charge >= 0.3 is 6.03 Å². The van der Waals surface area contributed by atoms with Gasteiger partial charge in [-0.2, -0.15) is 5.10 Å². The van der Waals surface area contributed by atoms with E-state index in [1.54, 1.807) is 16.8 Å². The van der Waals surface area contributed by atoms with Crippen molar-refractivity contribution >= 4 is 34.2 Å². The van der Waals surface area contributed by atoms with Crippen LogP contribution < -0.4 is 16.0 Å². The molecule has 0 spiro atoms. The first kappa shape index (κ1) is 11.5. The predicted molar refractivity (Wildman–Crippen MR) is 70.6 cm³/mol. The maximum atomic E-state index is 11.8. The van der Waals surface area contributed by atoms with Crippen LogP contribution in [0.3, 0.4) is 0 Å². The van der Waals surface area contributed by atoms with Gasteiger partial charge in [-0.05, 0) is 12.1 Å². The van der Waals surface area contributed by atoms with Crippen molar-refractivity contribution in [2.75, 3.05) is 17.2 Å². The fraction of sp³-hybridized carbons (Fsp3) is 0.250. The number of benzene rings is 1. The van der Waals surface area contributed by atoms with Crippen molar-refractivity contribution in [1.29, 1.82) is 0 Å². The van der Waals surface area contributed by atoms with E-state index >= 15 is 0 Å². The summed E-state index contributed by atoms with van der Waals surface area (Å²) in [6.07, 6.45) is 2.11. The summed E-state index contributed by atoms with van der Waals surface area (Å²) < 4.78 is 1.67. The number of urea groups is 1. The van der Waals surface area contributed by atoms with Crippen LogP contribution >= 0.6 is 0 Å². The molecule has 0 atom stereocenters. The number of aromatic nitrogens is 2. The molecule has 3 rings (SSSR count). The Bertz CT molecular complexity index is 691. The number of anilines is 2. The van der Waals surface area contributed by atoms with E-state index in [9.17, 15) is 9.59 Å². The van der Waals surface area contributed by atoms with Crippen LogP contribution in [-0.2, 0) is 11.8 Å². The zero-order chi connectivity index (χ0) is 13.6. The van der Waals surface area contributed by atoms with Gasteiger partial charge in [0.25, 0.3) is 0 Å². The Morgan fingerprint density at radius 1 is 1.37 bits per heavy atom. The van der Waals surface area contributed by atoms with Crippen molar-refractivity contribution in [2.45, 2.75) is 6.42 Å². The lowest BCUT2D eigenvalue weighted by molar-refractivity contribution is -0.120. The van der Waals surface area contributed by atoms with Gasteiger partial charge in [-0.15, -0.1) is 0 Å². The Kier molecular flexibility index (Phi) is 2.41. The molecule has 3 amide bonds. The average molecular weight is 259 g/mol. The zero-order valence-electron chi connectivity index (χ0n) is 10.4. The maximum absolute atomic E-state index is 11.8. The van der Waals surface area contributed by atoms with E-state index in [2.05, 4.69) is 10.4 Å². The zero-order valence-corrected chi connectivity index (χ0v) is 10.4. The van der Waals surface area contributed by atoms with E-state index in [-0.39, 0.29) is 12.3 Å². The van der Waals surface area contributed by atoms with Gasteiger partial charge in [-0.25, -0.2) is 4.79 Å². The van der Waals surface area contributed by atoms with E-state index in [4.69, 9.17) is 5.73 Å². The normalized spacial score (nSPS) is 15.9. The molecule has 3 N–H and O–H groups in total. The summed E-state index contributed by atoms with van der Waals surface area (Å²) in [4.78, 5) is 24.4. The van der Waals surface area contributed by atoms with Crippen LogP contribution in [0.1, 0.15) is 6.42 Å². The molecule has 0 radical (unpaired) electrons. The molecule has 2 aromatic rings. The molecule has 0 bridgehead atoms. The predicted octanol–water partition coefficient (Wildman–Crippen LogP) is 0.602. The van der Waals surface area contributed by atoms with E-state index in [1.807, 2.05) is 13.2 Å². The topological polar surface area (TPSA) is 93.2 Å². The summed E-state index contributed by atoms with van der Waals surface area (Å²) in [6.45, 7) is 0.350. The molecule has 2 heterocycles.